The van der Waals surface area contributed by atoms with E-state index in [9.17, 15) is 4.79 Å². The molecule has 14 heavy (non-hydrogen) atoms. The molecular weight excluding hydrogens is 178 g/mol. The molecule has 3 nitrogen and oxygen atoms in total. The van der Waals surface area contributed by atoms with Gasteiger partial charge in [-0.2, -0.15) is 0 Å². The molecule has 0 unspecified atom stereocenters. The van der Waals surface area contributed by atoms with Crippen molar-refractivity contribution in [2.45, 2.75) is 25.3 Å². The van der Waals surface area contributed by atoms with E-state index in [4.69, 9.17) is 10.8 Å². The fourth-order valence-electron chi connectivity index (χ4n) is 1.92. The Balaban J connectivity index is 2.37. The van der Waals surface area contributed by atoms with Crippen molar-refractivity contribution in [1.82, 2.24) is 0 Å². The highest BCUT2D eigenvalue weighted by Gasteiger charge is 2.16. The highest BCUT2D eigenvalue weighted by molar-refractivity contribution is 5.87. The standard InChI is InChI=1S/C11H13NO2/c12-10-4-3-7-1-2-8(11(13)14)5-9(7)6-10/h1-2,5,10H,3-4,6,12H2,(H,13,14)/t10-/m1/s1. The quantitative estimate of drug-likeness (QED) is 0.701. The summed E-state index contributed by atoms with van der Waals surface area (Å²) >= 11 is 0. The van der Waals surface area contributed by atoms with Crippen molar-refractivity contribution in [1.29, 1.82) is 0 Å². The highest BCUT2D eigenvalue weighted by Crippen LogP contribution is 2.21. The van der Waals surface area contributed by atoms with Crippen LogP contribution in [0.4, 0.5) is 0 Å². The molecule has 0 fully saturated rings. The van der Waals surface area contributed by atoms with Crippen LogP contribution in [0.15, 0.2) is 18.2 Å². The molecule has 1 aromatic rings. The van der Waals surface area contributed by atoms with Gasteiger partial charge in [-0.3, -0.25) is 0 Å². The van der Waals surface area contributed by atoms with Gasteiger partial charge in [-0.05, 0) is 42.5 Å². The van der Waals surface area contributed by atoms with Gasteiger partial charge in [0.2, 0.25) is 0 Å². The van der Waals surface area contributed by atoms with E-state index in [1.807, 2.05) is 6.07 Å². The van der Waals surface area contributed by atoms with E-state index in [1.54, 1.807) is 12.1 Å². The Morgan fingerprint density at radius 2 is 2.21 bits per heavy atom. The smallest absolute Gasteiger partial charge is 0.335 e. The lowest BCUT2D eigenvalue weighted by molar-refractivity contribution is 0.0696. The second-order valence-corrected chi connectivity index (χ2v) is 3.79. The molecule has 0 bridgehead atoms. The maximum atomic E-state index is 10.7. The van der Waals surface area contributed by atoms with Gasteiger partial charge in [-0.15, -0.1) is 0 Å². The Bertz CT molecular complexity index is 374. The molecule has 0 radical (unpaired) electrons. The highest BCUT2D eigenvalue weighted by atomic mass is 16.4. The number of benzene rings is 1. The summed E-state index contributed by atoms with van der Waals surface area (Å²) in [6.07, 6.45) is 2.77. The number of hydrogen-bond donors (Lipinski definition) is 2. The summed E-state index contributed by atoms with van der Waals surface area (Å²) in [5, 5.41) is 8.82. The maximum Gasteiger partial charge on any atom is 0.335 e. The first-order chi connectivity index (χ1) is 6.66. The zero-order chi connectivity index (χ0) is 10.1. The minimum Gasteiger partial charge on any atom is -0.478 e. The van der Waals surface area contributed by atoms with Crippen molar-refractivity contribution in [3.05, 3.63) is 34.9 Å². The van der Waals surface area contributed by atoms with Crippen molar-refractivity contribution in [3.8, 4) is 0 Å². The van der Waals surface area contributed by atoms with Crippen molar-refractivity contribution >= 4 is 5.97 Å². The van der Waals surface area contributed by atoms with Gasteiger partial charge in [0.05, 0.1) is 5.56 Å². The Hall–Kier alpha value is -1.35. The van der Waals surface area contributed by atoms with Crippen LogP contribution in [0.25, 0.3) is 0 Å². The molecule has 2 rings (SSSR count). The topological polar surface area (TPSA) is 63.3 Å². The van der Waals surface area contributed by atoms with Gasteiger partial charge < -0.3 is 10.8 Å². The molecule has 1 aromatic carbocycles. The lowest BCUT2D eigenvalue weighted by Gasteiger charge is -2.21. The minimum absolute atomic E-state index is 0.187. The van der Waals surface area contributed by atoms with E-state index in [1.165, 1.54) is 5.56 Å². The zero-order valence-corrected chi connectivity index (χ0v) is 7.86. The molecule has 0 spiro atoms. The number of aryl methyl sites for hydroxylation is 1. The molecule has 0 aromatic heterocycles. The summed E-state index contributed by atoms with van der Waals surface area (Å²) in [6, 6.07) is 5.51. The molecule has 0 saturated heterocycles. The van der Waals surface area contributed by atoms with Crippen LogP contribution >= 0.6 is 0 Å². The van der Waals surface area contributed by atoms with Crippen molar-refractivity contribution in [3.63, 3.8) is 0 Å². The number of fused-ring (bicyclic) bond motifs is 1. The summed E-state index contributed by atoms with van der Waals surface area (Å²) in [5.41, 5.74) is 8.53. The Morgan fingerprint density at radius 3 is 2.93 bits per heavy atom. The van der Waals surface area contributed by atoms with E-state index in [0.717, 1.165) is 24.8 Å². The predicted octanol–water partition coefficient (Wildman–Crippen LogP) is 1.20. The Labute approximate surface area is 82.5 Å². The average molecular weight is 191 g/mol. The lowest BCUT2D eigenvalue weighted by atomic mass is 9.88. The molecule has 0 amide bonds. The molecule has 3 N–H and O–H groups in total. The summed E-state index contributed by atoms with van der Waals surface area (Å²) < 4.78 is 0. The van der Waals surface area contributed by atoms with Crippen LogP contribution in [0, 0.1) is 0 Å². The number of carbonyl (C=O) groups is 1. The number of carboxylic acids is 1. The molecule has 1 atom stereocenters. The van der Waals surface area contributed by atoms with Crippen LogP contribution in [0.5, 0.6) is 0 Å². The summed E-state index contributed by atoms with van der Waals surface area (Å²) in [6.45, 7) is 0. The third-order valence-corrected chi connectivity index (χ3v) is 2.72. The maximum absolute atomic E-state index is 10.7. The molecule has 0 aliphatic heterocycles. The second kappa shape index (κ2) is 3.42. The van der Waals surface area contributed by atoms with Crippen LogP contribution in [-0.4, -0.2) is 17.1 Å². The van der Waals surface area contributed by atoms with Crippen molar-refractivity contribution in [2.24, 2.45) is 5.73 Å². The van der Waals surface area contributed by atoms with E-state index in [2.05, 4.69) is 0 Å². The number of hydrogen-bond acceptors (Lipinski definition) is 2. The number of rotatable bonds is 1. The molecule has 1 aliphatic carbocycles. The summed E-state index contributed by atoms with van der Waals surface area (Å²) in [5.74, 6) is -0.869. The number of carboxylic acid groups (broad SMARTS) is 1. The van der Waals surface area contributed by atoms with Crippen LogP contribution in [-0.2, 0) is 12.8 Å². The van der Waals surface area contributed by atoms with Crippen LogP contribution in [0.2, 0.25) is 0 Å². The van der Waals surface area contributed by atoms with Crippen LogP contribution in [0.1, 0.15) is 27.9 Å². The largest absolute Gasteiger partial charge is 0.478 e. The van der Waals surface area contributed by atoms with Gasteiger partial charge in [0.25, 0.3) is 0 Å². The zero-order valence-electron chi connectivity index (χ0n) is 7.86. The normalized spacial score (nSPS) is 20.2. The minimum atomic E-state index is -0.869. The molecule has 74 valence electrons. The van der Waals surface area contributed by atoms with E-state index in [-0.39, 0.29) is 6.04 Å². The average Bonchev–Trinajstić information content (AvgIpc) is 2.16. The molecular formula is C11H13NO2. The van der Waals surface area contributed by atoms with E-state index >= 15 is 0 Å². The van der Waals surface area contributed by atoms with Gasteiger partial charge in [0.1, 0.15) is 0 Å². The van der Waals surface area contributed by atoms with Crippen molar-refractivity contribution in [2.75, 3.05) is 0 Å². The predicted molar refractivity (Wildman–Crippen MR) is 53.4 cm³/mol. The summed E-state index contributed by atoms with van der Waals surface area (Å²) in [4.78, 5) is 10.7. The Morgan fingerprint density at radius 1 is 1.43 bits per heavy atom. The molecule has 0 saturated carbocycles. The molecule has 1 aliphatic rings. The summed E-state index contributed by atoms with van der Waals surface area (Å²) in [7, 11) is 0. The first-order valence-corrected chi connectivity index (χ1v) is 4.77. The van der Waals surface area contributed by atoms with Crippen molar-refractivity contribution < 1.29 is 9.90 Å². The molecule has 0 heterocycles. The third-order valence-electron chi connectivity index (χ3n) is 2.72. The monoisotopic (exact) mass is 191 g/mol. The lowest BCUT2D eigenvalue weighted by Crippen LogP contribution is -2.28. The van der Waals surface area contributed by atoms with Gasteiger partial charge in [0.15, 0.2) is 0 Å². The second-order valence-electron chi connectivity index (χ2n) is 3.79. The fourth-order valence-corrected chi connectivity index (χ4v) is 1.92. The van der Waals surface area contributed by atoms with E-state index < -0.39 is 5.97 Å². The SMILES string of the molecule is N[C@@H]1CCc2ccc(C(=O)O)cc2C1. The van der Waals surface area contributed by atoms with Gasteiger partial charge in [-0.1, -0.05) is 6.07 Å². The number of nitrogens with two attached hydrogens (primary N) is 1. The van der Waals surface area contributed by atoms with Gasteiger partial charge in [-0.25, -0.2) is 4.79 Å². The fraction of sp³-hybridized carbons (Fsp3) is 0.364. The first-order valence-electron chi connectivity index (χ1n) is 4.77. The van der Waals surface area contributed by atoms with Gasteiger partial charge >= 0.3 is 5.97 Å². The van der Waals surface area contributed by atoms with Crippen LogP contribution in [0.3, 0.4) is 0 Å². The first kappa shape index (κ1) is 9.21. The van der Waals surface area contributed by atoms with E-state index in [0.29, 0.717) is 5.56 Å². The van der Waals surface area contributed by atoms with Crippen LogP contribution < -0.4 is 5.73 Å². The Kier molecular flexibility index (Phi) is 2.25. The molecule has 3 heteroatoms. The third kappa shape index (κ3) is 1.63. The van der Waals surface area contributed by atoms with Gasteiger partial charge in [0, 0.05) is 6.04 Å². The number of aromatic carboxylic acids is 1.